The lowest BCUT2D eigenvalue weighted by atomic mass is 10.2. The third kappa shape index (κ3) is 2.83. The Kier molecular flexibility index (Phi) is 3.52. The average Bonchev–Trinajstić information content (AvgIpc) is 3.30. The van der Waals surface area contributed by atoms with E-state index in [1.165, 1.54) is 4.31 Å². The molecule has 0 unspecified atom stereocenters. The summed E-state index contributed by atoms with van der Waals surface area (Å²) in [6, 6.07) is 7.11. The van der Waals surface area contributed by atoms with Crippen molar-refractivity contribution in [2.24, 2.45) is 0 Å². The average molecular weight is 310 g/mol. The summed E-state index contributed by atoms with van der Waals surface area (Å²) in [6.45, 7) is 1.61. The molecule has 7 heteroatoms. The molecule has 1 heterocycles. The van der Waals surface area contributed by atoms with Gasteiger partial charge in [0.05, 0.1) is 18.0 Å². The Hall–Kier alpha value is -1.76. The van der Waals surface area contributed by atoms with Crippen LogP contribution in [0.15, 0.2) is 24.3 Å². The minimum atomic E-state index is -3.44. The number of amides is 1. The molecule has 1 aliphatic heterocycles. The molecule has 1 fully saturated rings. The van der Waals surface area contributed by atoms with E-state index in [0.717, 1.165) is 12.8 Å². The molecule has 0 aromatic heterocycles. The first kappa shape index (κ1) is 14.2. The quantitative estimate of drug-likeness (QED) is 0.896. The Labute approximate surface area is 124 Å². The Morgan fingerprint density at radius 2 is 2.10 bits per heavy atom. The highest BCUT2D eigenvalue weighted by Crippen LogP contribution is 2.35. The number of rotatable bonds is 4. The van der Waals surface area contributed by atoms with Gasteiger partial charge in [0.2, 0.25) is 10.0 Å². The van der Waals surface area contributed by atoms with E-state index in [9.17, 15) is 13.2 Å². The Balaban J connectivity index is 1.90. The van der Waals surface area contributed by atoms with Crippen LogP contribution in [0.25, 0.3) is 0 Å². The number of benzene rings is 1. The van der Waals surface area contributed by atoms with E-state index in [-0.39, 0.29) is 24.2 Å². The molecule has 1 aliphatic carbocycles. The van der Waals surface area contributed by atoms with Gasteiger partial charge < -0.3 is 10.1 Å². The van der Waals surface area contributed by atoms with Crippen LogP contribution in [0, 0.1) is 0 Å². The Bertz CT molecular complexity index is 655. The van der Waals surface area contributed by atoms with Gasteiger partial charge in [0.1, 0.15) is 5.75 Å². The van der Waals surface area contributed by atoms with Crippen molar-refractivity contribution in [2.45, 2.75) is 31.9 Å². The van der Waals surface area contributed by atoms with Crippen LogP contribution in [0.4, 0.5) is 5.69 Å². The lowest BCUT2D eigenvalue weighted by Crippen LogP contribution is -2.51. The number of anilines is 1. The second kappa shape index (κ2) is 5.22. The SMILES string of the molecule is CCS(=O)(=O)N1C[C@H](C(=O)NC2CC2)Oc2ccccc21. The summed E-state index contributed by atoms with van der Waals surface area (Å²) in [4.78, 5) is 12.2. The van der Waals surface area contributed by atoms with Gasteiger partial charge in [-0.15, -0.1) is 0 Å². The molecule has 1 saturated carbocycles. The van der Waals surface area contributed by atoms with Gasteiger partial charge in [0, 0.05) is 6.04 Å². The van der Waals surface area contributed by atoms with Crippen LogP contribution in [0.5, 0.6) is 5.75 Å². The number of carbonyl (C=O) groups excluding carboxylic acids is 1. The molecule has 0 bridgehead atoms. The molecule has 6 nitrogen and oxygen atoms in total. The number of ether oxygens (including phenoxy) is 1. The van der Waals surface area contributed by atoms with E-state index in [1.807, 2.05) is 0 Å². The van der Waals surface area contributed by atoms with Gasteiger partial charge in [0.25, 0.3) is 5.91 Å². The minimum Gasteiger partial charge on any atom is -0.476 e. The first-order chi connectivity index (χ1) is 10.0. The lowest BCUT2D eigenvalue weighted by Gasteiger charge is -2.34. The number of para-hydroxylation sites is 2. The van der Waals surface area contributed by atoms with Gasteiger partial charge in [-0.2, -0.15) is 0 Å². The molecule has 0 saturated heterocycles. The van der Waals surface area contributed by atoms with Crippen LogP contribution in [-0.4, -0.2) is 38.8 Å². The van der Waals surface area contributed by atoms with Crippen LogP contribution in [0.1, 0.15) is 19.8 Å². The molecule has 1 N–H and O–H groups in total. The fourth-order valence-electron chi connectivity index (χ4n) is 2.28. The molecular weight excluding hydrogens is 292 g/mol. The van der Waals surface area contributed by atoms with Crippen molar-refractivity contribution in [3.63, 3.8) is 0 Å². The van der Waals surface area contributed by atoms with Crippen molar-refractivity contribution in [2.75, 3.05) is 16.6 Å². The van der Waals surface area contributed by atoms with E-state index in [0.29, 0.717) is 11.4 Å². The Morgan fingerprint density at radius 1 is 1.38 bits per heavy atom. The summed E-state index contributed by atoms with van der Waals surface area (Å²) < 4.78 is 31.5. The zero-order valence-corrected chi connectivity index (χ0v) is 12.6. The number of nitrogens with zero attached hydrogens (tertiary/aromatic N) is 1. The summed E-state index contributed by atoms with van der Waals surface area (Å²) in [5.41, 5.74) is 0.495. The van der Waals surface area contributed by atoms with Gasteiger partial charge in [-0.25, -0.2) is 8.42 Å². The molecule has 1 atom stereocenters. The molecule has 0 spiro atoms. The fourth-order valence-corrected chi connectivity index (χ4v) is 3.40. The third-order valence-corrected chi connectivity index (χ3v) is 5.40. The monoisotopic (exact) mass is 310 g/mol. The van der Waals surface area contributed by atoms with Crippen molar-refractivity contribution in [3.05, 3.63) is 24.3 Å². The highest BCUT2D eigenvalue weighted by atomic mass is 32.2. The highest BCUT2D eigenvalue weighted by Gasteiger charge is 2.37. The number of hydrogen-bond donors (Lipinski definition) is 1. The molecule has 1 aromatic rings. The Morgan fingerprint density at radius 3 is 2.76 bits per heavy atom. The molecule has 21 heavy (non-hydrogen) atoms. The number of nitrogens with one attached hydrogen (secondary N) is 1. The lowest BCUT2D eigenvalue weighted by molar-refractivity contribution is -0.127. The summed E-state index contributed by atoms with van der Waals surface area (Å²) in [5.74, 6) is 0.165. The van der Waals surface area contributed by atoms with Crippen molar-refractivity contribution < 1.29 is 17.9 Å². The predicted molar refractivity (Wildman–Crippen MR) is 78.8 cm³/mol. The maximum atomic E-state index is 12.3. The highest BCUT2D eigenvalue weighted by molar-refractivity contribution is 7.92. The zero-order valence-electron chi connectivity index (χ0n) is 11.8. The molecular formula is C14H18N2O4S. The van der Waals surface area contributed by atoms with E-state index >= 15 is 0 Å². The summed E-state index contributed by atoms with van der Waals surface area (Å²) >= 11 is 0. The molecule has 3 rings (SSSR count). The maximum Gasteiger partial charge on any atom is 0.263 e. The molecule has 2 aliphatic rings. The predicted octanol–water partition coefficient (Wildman–Crippen LogP) is 0.882. The van der Waals surface area contributed by atoms with Gasteiger partial charge in [-0.05, 0) is 31.9 Å². The fraction of sp³-hybridized carbons (Fsp3) is 0.500. The second-order valence-corrected chi connectivity index (χ2v) is 7.47. The molecule has 114 valence electrons. The topological polar surface area (TPSA) is 75.7 Å². The third-order valence-electron chi connectivity index (χ3n) is 3.65. The van der Waals surface area contributed by atoms with Crippen LogP contribution in [0.2, 0.25) is 0 Å². The second-order valence-electron chi connectivity index (χ2n) is 5.29. The largest absolute Gasteiger partial charge is 0.476 e. The van der Waals surface area contributed by atoms with Crippen LogP contribution in [-0.2, 0) is 14.8 Å². The first-order valence-corrected chi connectivity index (χ1v) is 8.68. The van der Waals surface area contributed by atoms with Crippen molar-refractivity contribution in [3.8, 4) is 5.75 Å². The van der Waals surface area contributed by atoms with Gasteiger partial charge in [-0.1, -0.05) is 12.1 Å². The molecule has 0 radical (unpaired) electrons. The van der Waals surface area contributed by atoms with Gasteiger partial charge >= 0.3 is 0 Å². The number of fused-ring (bicyclic) bond motifs is 1. The molecule has 1 amide bonds. The van der Waals surface area contributed by atoms with E-state index in [4.69, 9.17) is 4.74 Å². The number of hydrogen-bond acceptors (Lipinski definition) is 4. The summed E-state index contributed by atoms with van der Waals surface area (Å²) in [7, 11) is -3.44. The van der Waals surface area contributed by atoms with E-state index < -0.39 is 16.1 Å². The normalized spacial score (nSPS) is 21.4. The van der Waals surface area contributed by atoms with Crippen LogP contribution >= 0.6 is 0 Å². The summed E-state index contributed by atoms with van der Waals surface area (Å²) in [5, 5.41) is 2.86. The number of carbonyl (C=O) groups is 1. The standard InChI is InChI=1S/C14H18N2O4S/c1-2-21(18,19)16-9-13(14(17)15-10-7-8-10)20-12-6-4-3-5-11(12)16/h3-6,10,13H,2,7-9H2,1H3,(H,15,17)/t13-/m1/s1. The van der Waals surface area contributed by atoms with Crippen molar-refractivity contribution in [1.29, 1.82) is 0 Å². The van der Waals surface area contributed by atoms with E-state index in [1.54, 1.807) is 31.2 Å². The van der Waals surface area contributed by atoms with Gasteiger partial charge in [0.15, 0.2) is 6.10 Å². The minimum absolute atomic E-state index is 0.0156. The smallest absolute Gasteiger partial charge is 0.263 e. The number of sulfonamides is 1. The van der Waals surface area contributed by atoms with Crippen LogP contribution < -0.4 is 14.4 Å². The summed E-state index contributed by atoms with van der Waals surface area (Å²) in [6.07, 6.45) is 1.15. The van der Waals surface area contributed by atoms with E-state index in [2.05, 4.69) is 5.32 Å². The van der Waals surface area contributed by atoms with Crippen molar-refractivity contribution >= 4 is 21.6 Å². The maximum absolute atomic E-state index is 12.3. The zero-order chi connectivity index (χ0) is 15.0. The molecule has 1 aromatic carbocycles. The van der Waals surface area contributed by atoms with Crippen LogP contribution in [0.3, 0.4) is 0 Å². The van der Waals surface area contributed by atoms with Crippen molar-refractivity contribution in [1.82, 2.24) is 5.32 Å². The van der Waals surface area contributed by atoms with Gasteiger partial charge in [-0.3, -0.25) is 9.10 Å². The first-order valence-electron chi connectivity index (χ1n) is 7.07.